The van der Waals surface area contributed by atoms with Gasteiger partial charge < -0.3 is 5.32 Å². The van der Waals surface area contributed by atoms with Crippen LogP contribution in [0, 0.1) is 17.0 Å². The van der Waals surface area contributed by atoms with E-state index in [-0.39, 0.29) is 22.3 Å². The first-order chi connectivity index (χ1) is 21.7. The van der Waals surface area contributed by atoms with Gasteiger partial charge in [0.25, 0.3) is 23.4 Å². The second-order valence-electron chi connectivity index (χ2n) is 9.86. The topological polar surface area (TPSA) is 135 Å². The van der Waals surface area contributed by atoms with Gasteiger partial charge in [0.2, 0.25) is 0 Å². The Hall–Kier alpha value is -5.24. The lowest BCUT2D eigenvalue weighted by Gasteiger charge is -2.29. The van der Waals surface area contributed by atoms with Gasteiger partial charge in [0.1, 0.15) is 5.57 Å². The number of thiazole rings is 1. The second-order valence-corrected chi connectivity index (χ2v) is 12.6. The van der Waals surface area contributed by atoms with Gasteiger partial charge in [-0.15, -0.1) is 11.3 Å². The summed E-state index contributed by atoms with van der Waals surface area (Å²) in [5, 5.41) is 17.4. The van der Waals surface area contributed by atoms with Crippen molar-refractivity contribution in [2.45, 2.75) is 16.2 Å². The molecule has 2 heterocycles. The molecule has 0 atom stereocenters. The third-order valence-electron chi connectivity index (χ3n) is 6.74. The molecular formula is C32H21N5O5S3. The number of fused-ring (bicyclic) bond motifs is 1. The molecule has 0 unspecified atom stereocenters. The number of hydrogen-bond donors (Lipinski definition) is 2. The van der Waals surface area contributed by atoms with Gasteiger partial charge >= 0.3 is 0 Å². The summed E-state index contributed by atoms with van der Waals surface area (Å²) < 4.78 is 1.36. The fourth-order valence-electron chi connectivity index (χ4n) is 4.52. The summed E-state index contributed by atoms with van der Waals surface area (Å²) in [4.78, 5) is 56.3. The van der Waals surface area contributed by atoms with Gasteiger partial charge in [0.15, 0.2) is 9.45 Å². The number of nitrogens with one attached hydrogen (secondary N) is 2. The quantitative estimate of drug-likeness (QED) is 0.0649. The highest BCUT2D eigenvalue weighted by atomic mass is 32.2. The normalized spacial score (nSPS) is 14.1. The average molecular weight is 652 g/mol. The Labute approximate surface area is 269 Å². The number of amides is 3. The average Bonchev–Trinajstić information content (AvgIpc) is 3.42. The number of aryl methyl sites for hydroxylation is 1. The van der Waals surface area contributed by atoms with Crippen molar-refractivity contribution in [1.82, 2.24) is 10.3 Å². The zero-order chi connectivity index (χ0) is 31.7. The van der Waals surface area contributed by atoms with E-state index in [1.807, 2.05) is 25.1 Å². The van der Waals surface area contributed by atoms with Crippen LogP contribution in [0.1, 0.15) is 21.5 Å². The Morgan fingerprint density at radius 2 is 1.80 bits per heavy atom. The number of carbonyl (C=O) groups is 3. The molecule has 5 aromatic rings. The van der Waals surface area contributed by atoms with Gasteiger partial charge in [-0.05, 0) is 79.3 Å². The predicted octanol–water partition coefficient (Wildman–Crippen LogP) is 6.75. The number of benzene rings is 4. The molecule has 13 heteroatoms. The molecule has 0 radical (unpaired) electrons. The number of thiocarbonyl (C=S) groups is 1. The molecule has 1 aromatic heterocycles. The van der Waals surface area contributed by atoms with E-state index in [0.29, 0.717) is 37.3 Å². The molecule has 4 aromatic carbocycles. The molecule has 2 N–H and O–H groups in total. The number of carbonyl (C=O) groups excluding carboxylic acids is 3. The summed E-state index contributed by atoms with van der Waals surface area (Å²) in [6.45, 7) is 1.91. The zero-order valence-corrected chi connectivity index (χ0v) is 25.8. The van der Waals surface area contributed by atoms with E-state index in [1.165, 1.54) is 28.4 Å². The Kier molecular flexibility index (Phi) is 8.22. The van der Waals surface area contributed by atoms with Gasteiger partial charge in [-0.2, -0.15) is 0 Å². The van der Waals surface area contributed by atoms with Crippen molar-refractivity contribution in [2.24, 2.45) is 0 Å². The lowest BCUT2D eigenvalue weighted by atomic mass is 10.1. The highest BCUT2D eigenvalue weighted by molar-refractivity contribution is 8.01. The van der Waals surface area contributed by atoms with Crippen molar-refractivity contribution in [2.75, 3.05) is 10.2 Å². The molecule has 45 heavy (non-hydrogen) atoms. The van der Waals surface area contributed by atoms with E-state index in [9.17, 15) is 24.5 Å². The van der Waals surface area contributed by atoms with Gasteiger partial charge in [0, 0.05) is 17.3 Å². The maximum Gasteiger partial charge on any atom is 0.283 e. The number of anilines is 2. The molecule has 1 aliphatic heterocycles. The van der Waals surface area contributed by atoms with E-state index in [0.717, 1.165) is 22.0 Å². The third-order valence-corrected chi connectivity index (χ3v) is 9.17. The van der Waals surface area contributed by atoms with E-state index >= 15 is 0 Å². The number of hydrogen-bond acceptors (Lipinski definition) is 9. The van der Waals surface area contributed by atoms with Crippen molar-refractivity contribution < 1.29 is 19.3 Å². The van der Waals surface area contributed by atoms with Gasteiger partial charge in [0.05, 0.1) is 25.7 Å². The molecule has 1 saturated heterocycles. The van der Waals surface area contributed by atoms with E-state index in [1.54, 1.807) is 66.7 Å². The number of rotatable bonds is 7. The van der Waals surface area contributed by atoms with Crippen LogP contribution >= 0.6 is 35.3 Å². The summed E-state index contributed by atoms with van der Waals surface area (Å²) in [5.41, 5.74) is 3.17. The molecule has 10 nitrogen and oxygen atoms in total. The third kappa shape index (κ3) is 6.36. The van der Waals surface area contributed by atoms with E-state index in [2.05, 4.69) is 15.6 Å². The van der Waals surface area contributed by atoms with Crippen LogP contribution in [0.15, 0.2) is 106 Å². The highest BCUT2D eigenvalue weighted by Gasteiger charge is 2.34. The molecule has 0 aliphatic carbocycles. The van der Waals surface area contributed by atoms with Crippen molar-refractivity contribution in [1.29, 1.82) is 0 Å². The summed E-state index contributed by atoms with van der Waals surface area (Å²) in [7, 11) is 0. The standard InChI is InChI=1S/C32H21N5O5S3/c1-18-7-11-22(12-8-18)36-30(40)23(29(39)35-31(36)43)15-19-9-14-26(25(16-19)37(41)42)44-32-34-24-13-10-21(17-27(24)45-32)33-28(38)20-5-3-2-4-6-20/h2-17H,1H3,(H,33,38)(H,35,39,43)/b23-15+. The van der Waals surface area contributed by atoms with Crippen LogP contribution in [0.2, 0.25) is 0 Å². The first-order valence-electron chi connectivity index (χ1n) is 13.4. The molecular weight excluding hydrogens is 631 g/mol. The first-order valence-corrected chi connectivity index (χ1v) is 15.4. The lowest BCUT2D eigenvalue weighted by Crippen LogP contribution is -2.54. The minimum Gasteiger partial charge on any atom is -0.322 e. The largest absolute Gasteiger partial charge is 0.322 e. The number of aromatic nitrogens is 1. The zero-order valence-electron chi connectivity index (χ0n) is 23.3. The van der Waals surface area contributed by atoms with Gasteiger partial charge in [-0.1, -0.05) is 53.7 Å². The minimum atomic E-state index is -0.691. The fraction of sp³-hybridized carbons (Fsp3) is 0.0312. The van der Waals surface area contributed by atoms with Crippen LogP contribution in [0.25, 0.3) is 16.3 Å². The number of nitro groups is 1. The molecule has 6 rings (SSSR count). The SMILES string of the molecule is Cc1ccc(N2C(=O)/C(=C/c3ccc(Sc4nc5ccc(NC(=O)c6ccccc6)cc5s4)c([N+](=O)[O-])c3)C(=O)NC2=S)cc1. The van der Waals surface area contributed by atoms with Crippen molar-refractivity contribution >= 4 is 91.5 Å². The van der Waals surface area contributed by atoms with Crippen LogP contribution in [0.3, 0.4) is 0 Å². The molecule has 3 amide bonds. The van der Waals surface area contributed by atoms with Crippen molar-refractivity contribution in [3.05, 3.63) is 123 Å². The Morgan fingerprint density at radius 1 is 1.04 bits per heavy atom. The smallest absolute Gasteiger partial charge is 0.283 e. The van der Waals surface area contributed by atoms with Crippen LogP contribution in [-0.2, 0) is 9.59 Å². The molecule has 1 aliphatic rings. The summed E-state index contributed by atoms with van der Waals surface area (Å²) in [6, 6.07) is 25.7. The summed E-state index contributed by atoms with van der Waals surface area (Å²) in [6.07, 6.45) is 1.31. The molecule has 0 bridgehead atoms. The van der Waals surface area contributed by atoms with E-state index in [4.69, 9.17) is 12.2 Å². The van der Waals surface area contributed by atoms with Crippen molar-refractivity contribution in [3.8, 4) is 0 Å². The van der Waals surface area contributed by atoms with Crippen LogP contribution in [0.4, 0.5) is 17.1 Å². The van der Waals surface area contributed by atoms with Gasteiger partial charge in [-0.25, -0.2) is 4.98 Å². The first kappa shape index (κ1) is 29.8. The van der Waals surface area contributed by atoms with Crippen LogP contribution in [-0.4, -0.2) is 32.7 Å². The van der Waals surface area contributed by atoms with E-state index < -0.39 is 16.7 Å². The predicted molar refractivity (Wildman–Crippen MR) is 179 cm³/mol. The van der Waals surface area contributed by atoms with Crippen molar-refractivity contribution in [3.63, 3.8) is 0 Å². The Bertz CT molecular complexity index is 2060. The monoisotopic (exact) mass is 651 g/mol. The molecule has 1 fully saturated rings. The maximum atomic E-state index is 13.3. The van der Waals surface area contributed by atoms with Crippen LogP contribution in [0.5, 0.6) is 0 Å². The lowest BCUT2D eigenvalue weighted by molar-refractivity contribution is -0.387. The number of nitrogens with zero attached hydrogens (tertiary/aromatic N) is 3. The summed E-state index contributed by atoms with van der Waals surface area (Å²) in [5.74, 6) is -1.57. The molecule has 222 valence electrons. The fourth-order valence-corrected chi connectivity index (χ4v) is 6.95. The highest BCUT2D eigenvalue weighted by Crippen LogP contribution is 2.40. The number of nitro benzene ring substituents is 1. The van der Waals surface area contributed by atoms with Gasteiger partial charge in [-0.3, -0.25) is 34.7 Å². The Balaban J connectivity index is 1.24. The minimum absolute atomic E-state index is 0.0507. The Morgan fingerprint density at radius 3 is 2.53 bits per heavy atom. The maximum absolute atomic E-state index is 13.3. The molecule has 0 spiro atoms. The summed E-state index contributed by atoms with van der Waals surface area (Å²) >= 11 is 7.71. The second kappa shape index (κ2) is 12.4. The molecule has 0 saturated carbocycles. The van der Waals surface area contributed by atoms with Crippen LogP contribution < -0.4 is 15.5 Å².